The molecule has 0 rings (SSSR count). The van der Waals surface area contributed by atoms with E-state index in [0.29, 0.717) is 0 Å². The molecule has 0 aliphatic heterocycles. The van der Waals surface area contributed by atoms with Crippen molar-refractivity contribution in [1.82, 2.24) is 8.46 Å². The van der Waals surface area contributed by atoms with E-state index in [2.05, 4.69) is 91.5 Å². The second-order valence-corrected chi connectivity index (χ2v) is 42.8. The third-order valence-electron chi connectivity index (χ3n) is 19.1. The lowest BCUT2D eigenvalue weighted by Gasteiger charge is -2.48. The fraction of sp³-hybridized carbons (Fsp3) is 1.00. The van der Waals surface area contributed by atoms with E-state index in [9.17, 15) is 0 Å². The van der Waals surface area contributed by atoms with Gasteiger partial charge >= 0.3 is 0 Å². The quantitative estimate of drug-likeness (QED) is 0.0442. The summed E-state index contributed by atoms with van der Waals surface area (Å²) in [6.07, 6.45) is 70.5. The number of nitrogens with zero attached hydrogens (tertiary/aromatic N) is 2. The van der Waals surface area contributed by atoms with Gasteiger partial charge in [-0.3, -0.25) is 0 Å². The smallest absolute Gasteiger partial charge is 0.121 e. The molecule has 2 nitrogen and oxygen atoms in total. The van der Waals surface area contributed by atoms with Gasteiger partial charge in [0.2, 0.25) is 0 Å². The molecule has 0 saturated heterocycles. The summed E-state index contributed by atoms with van der Waals surface area (Å²) in [6.45, 7) is 31.7. The minimum absolute atomic E-state index is 0.774. The van der Waals surface area contributed by atoms with Crippen LogP contribution in [0.4, 0.5) is 0 Å². The van der Waals surface area contributed by atoms with Crippen molar-refractivity contribution in [3.05, 3.63) is 0 Å². The molecule has 0 fully saturated rings. The van der Waals surface area contributed by atoms with Gasteiger partial charge in [0.05, 0.1) is 0 Å². The summed E-state index contributed by atoms with van der Waals surface area (Å²) in [4.78, 5) is 0. The highest BCUT2D eigenvalue weighted by molar-refractivity contribution is 6.86. The molecule has 0 aromatic heterocycles. The summed E-state index contributed by atoms with van der Waals surface area (Å²) < 4.78 is 7.00. The molecule has 0 aliphatic carbocycles. The number of hydrogen-bond donors (Lipinski definition) is 0. The topological polar surface area (TPSA) is 6.48 Å². The Labute approximate surface area is 504 Å². The summed E-state index contributed by atoms with van der Waals surface area (Å²) in [7, 11) is -4.57. The molecule has 472 valence electrons. The summed E-state index contributed by atoms with van der Waals surface area (Å²) in [5, 5.41) is 0. The maximum atomic E-state index is 3.62. The summed E-state index contributed by atoms with van der Waals surface area (Å²) >= 11 is 0. The lowest BCUT2D eigenvalue weighted by molar-refractivity contribution is 0.505. The zero-order valence-electron chi connectivity index (χ0n) is 57.5. The van der Waals surface area contributed by atoms with Gasteiger partial charge in [-0.25, -0.2) is 0 Å². The molecule has 0 radical (unpaired) electrons. The van der Waals surface area contributed by atoms with E-state index in [1.54, 1.807) is 92.5 Å². The van der Waals surface area contributed by atoms with Gasteiger partial charge in [0.25, 0.3) is 0 Å². The highest BCUT2D eigenvalue weighted by Gasteiger charge is 2.42. The number of unbranched alkanes of at least 4 members (excludes halogenated alkanes) is 36. The molecule has 0 bridgehead atoms. The van der Waals surface area contributed by atoms with E-state index in [1.807, 2.05) is 0 Å². The minimum atomic E-state index is -1.54. The zero-order chi connectivity index (χ0) is 57.7. The average Bonchev–Trinajstić information content (AvgIpc) is 3.48. The van der Waals surface area contributed by atoms with Gasteiger partial charge < -0.3 is 8.46 Å². The molecule has 0 amide bonds. The fourth-order valence-corrected chi connectivity index (χ4v) is 40.5. The van der Waals surface area contributed by atoms with Crippen LogP contribution in [-0.4, -0.2) is 55.9 Å². The Hall–Kier alpha value is 0.788. The second kappa shape index (κ2) is 63.8. The van der Waals surface area contributed by atoms with Crippen molar-refractivity contribution in [2.24, 2.45) is 0 Å². The Balaban J connectivity index is 0. The van der Waals surface area contributed by atoms with Gasteiger partial charge in [0, 0.05) is 0 Å². The van der Waals surface area contributed by atoms with Gasteiger partial charge in [0.15, 0.2) is 0 Å². The first-order chi connectivity index (χ1) is 38.3. The predicted molar refractivity (Wildman–Crippen MR) is 377 cm³/mol. The van der Waals surface area contributed by atoms with Crippen LogP contribution in [0.15, 0.2) is 0 Å². The Morgan fingerprint density at radius 2 is 0.372 bits per heavy atom. The van der Waals surface area contributed by atoms with Gasteiger partial charge in [-0.1, -0.05) is 378 Å². The Morgan fingerprint density at radius 3 is 0.641 bits per heavy atom. The lowest BCUT2D eigenvalue weighted by atomic mass is 10.1. The van der Waals surface area contributed by atoms with E-state index in [0.717, 1.165) is 0 Å². The second-order valence-electron chi connectivity index (χ2n) is 26.5. The summed E-state index contributed by atoms with van der Waals surface area (Å²) in [5.41, 5.74) is 0. The molecule has 0 atom stereocenters. The van der Waals surface area contributed by atoms with Crippen molar-refractivity contribution in [1.29, 1.82) is 0 Å². The van der Waals surface area contributed by atoms with Crippen LogP contribution >= 0.6 is 0 Å². The average molecular weight is 1160 g/mol. The molecule has 0 saturated carbocycles. The van der Waals surface area contributed by atoms with Crippen LogP contribution in [-0.2, 0) is 0 Å². The highest BCUT2D eigenvalue weighted by atomic mass is 28.4. The molecule has 0 N–H and O–H groups in total. The van der Waals surface area contributed by atoms with Crippen LogP contribution < -0.4 is 0 Å². The van der Waals surface area contributed by atoms with E-state index in [-0.39, 0.29) is 0 Å². The van der Waals surface area contributed by atoms with Crippen molar-refractivity contribution in [3.63, 3.8) is 0 Å². The predicted octanol–water partition coefficient (Wildman–Crippen LogP) is 26.9. The largest absolute Gasteiger partial charge is 0.347 e. The summed E-state index contributed by atoms with van der Waals surface area (Å²) in [6, 6.07) is 16.3. The first-order valence-corrected chi connectivity index (χ1v) is 47.3. The first-order valence-electron chi connectivity index (χ1n) is 37.8. The van der Waals surface area contributed by atoms with E-state index < -0.39 is 34.4 Å². The molecule has 0 heterocycles. The van der Waals surface area contributed by atoms with Crippen molar-refractivity contribution in [2.75, 3.05) is 13.1 Å². The van der Waals surface area contributed by atoms with Gasteiger partial charge in [-0.2, -0.15) is 0 Å². The third-order valence-corrected chi connectivity index (χ3v) is 41.8. The van der Waals surface area contributed by atoms with Crippen LogP contribution in [0.3, 0.4) is 0 Å². The summed E-state index contributed by atoms with van der Waals surface area (Å²) in [5.74, 6) is 0. The van der Waals surface area contributed by atoms with Gasteiger partial charge in [-0.05, 0) is 86.4 Å². The molecule has 0 aliphatic rings. The highest BCUT2D eigenvalue weighted by Crippen LogP contribution is 2.38. The number of hydrogen-bond acceptors (Lipinski definition) is 2. The molecule has 0 spiro atoms. The van der Waals surface area contributed by atoms with Crippen molar-refractivity contribution in [3.8, 4) is 0 Å². The SMILES string of the molecule is CCCCCCCCN([SiH](CCCCCCCC)CCCCCCCC)[Si](CCCCCCCC)(CCCCCCCC)CCCCCCCC.CCCCN([SiH](CCCC)CCCC)[Si](CCCC)(CCCC)CCCC. The van der Waals surface area contributed by atoms with Crippen LogP contribution in [0, 0.1) is 0 Å². The van der Waals surface area contributed by atoms with Crippen LogP contribution in [0.2, 0.25) is 60.4 Å². The molecule has 0 aromatic carbocycles. The van der Waals surface area contributed by atoms with Crippen LogP contribution in [0.1, 0.15) is 391 Å². The Morgan fingerprint density at radius 1 is 0.179 bits per heavy atom. The van der Waals surface area contributed by atoms with Crippen molar-refractivity contribution in [2.45, 2.75) is 452 Å². The van der Waals surface area contributed by atoms with E-state index in [1.165, 1.54) is 289 Å². The third kappa shape index (κ3) is 45.2. The van der Waals surface area contributed by atoms with E-state index >= 15 is 0 Å². The fourth-order valence-electron chi connectivity index (χ4n) is 13.9. The molecular weight excluding hydrogens is 1010 g/mol. The standard InChI is InChI=1S/C48H103NSi2.C24H55NSi2/c1-7-13-19-25-31-37-43-49(50(44-38-32-26-20-14-8-2)45-39-33-27-21-15-9-3)51(46-40-34-28-22-16-10-4,47-41-35-29-23-17-11-5)48-42-36-30-24-18-12-6;1-7-13-19-25(26(20-14-8-2)21-15-9-3)27(22-16-10-4,23-17-11-5)24-18-12-6/h50H,7-48H2,1-6H3;26H,7-24H2,1-6H3. The van der Waals surface area contributed by atoms with Gasteiger partial charge in [-0.15, -0.1) is 0 Å². The Kier molecular flexibility index (Phi) is 66.1. The monoisotopic (exact) mass is 1160 g/mol. The van der Waals surface area contributed by atoms with Crippen LogP contribution in [0.5, 0.6) is 0 Å². The molecule has 0 aromatic rings. The van der Waals surface area contributed by atoms with Crippen LogP contribution in [0.25, 0.3) is 0 Å². The molecular formula is C72H158N2Si4. The molecule has 6 heteroatoms. The lowest BCUT2D eigenvalue weighted by Crippen LogP contribution is -2.60. The number of rotatable bonds is 64. The van der Waals surface area contributed by atoms with Gasteiger partial charge in [0.1, 0.15) is 34.4 Å². The normalized spacial score (nSPS) is 12.3. The van der Waals surface area contributed by atoms with E-state index in [4.69, 9.17) is 0 Å². The molecule has 0 unspecified atom stereocenters. The van der Waals surface area contributed by atoms with Crippen molar-refractivity contribution >= 4 is 34.4 Å². The first kappa shape index (κ1) is 80.9. The maximum absolute atomic E-state index is 3.62. The minimum Gasteiger partial charge on any atom is -0.347 e. The molecule has 78 heavy (non-hydrogen) atoms. The van der Waals surface area contributed by atoms with Crippen molar-refractivity contribution < 1.29 is 0 Å². The zero-order valence-corrected chi connectivity index (χ0v) is 61.8. The maximum Gasteiger partial charge on any atom is 0.121 e. The Bertz CT molecular complexity index is 1020.